The molecule has 1 heterocycles. The van der Waals surface area contributed by atoms with E-state index in [1.54, 1.807) is 0 Å². The molecule has 1 saturated heterocycles. The summed E-state index contributed by atoms with van der Waals surface area (Å²) >= 11 is 0. The topological polar surface area (TPSA) is 84.2 Å². The first-order valence-corrected chi connectivity index (χ1v) is 5.69. The van der Waals surface area contributed by atoms with Crippen molar-refractivity contribution < 1.29 is 20.4 Å². The molecule has 0 bridgehead atoms. The summed E-state index contributed by atoms with van der Waals surface area (Å²) in [5, 5.41) is 38.7. The Morgan fingerprint density at radius 2 is 1.50 bits per heavy atom. The molecule has 0 saturated carbocycles. The molecule has 1 rings (SSSR count). The van der Waals surface area contributed by atoms with Crippen LogP contribution in [0.1, 0.15) is 13.3 Å². The van der Waals surface area contributed by atoms with Crippen molar-refractivity contribution in [2.24, 2.45) is 10.8 Å². The van der Waals surface area contributed by atoms with Crippen molar-refractivity contribution in [1.82, 2.24) is 4.90 Å². The van der Waals surface area contributed by atoms with Gasteiger partial charge in [-0.05, 0) is 13.5 Å². The molecule has 1 fully saturated rings. The Hall–Kier alpha value is -0.200. The maximum Gasteiger partial charge on any atom is 0.0743 e. The van der Waals surface area contributed by atoms with Gasteiger partial charge in [-0.1, -0.05) is 6.92 Å². The van der Waals surface area contributed by atoms with Gasteiger partial charge in [-0.15, -0.1) is 0 Å². The number of rotatable bonds is 4. The highest BCUT2D eigenvalue weighted by Crippen LogP contribution is 2.42. The molecule has 0 aromatic rings. The lowest BCUT2D eigenvalue weighted by molar-refractivity contribution is -0.178. The van der Waals surface area contributed by atoms with Gasteiger partial charge in [-0.25, -0.2) is 0 Å². The van der Waals surface area contributed by atoms with E-state index < -0.39 is 16.9 Å². The summed E-state index contributed by atoms with van der Waals surface area (Å²) in [6.07, 6.45) is -0.280. The first-order chi connectivity index (χ1) is 7.50. The number of nitrogens with zero attached hydrogens (tertiary/aromatic N) is 1. The highest BCUT2D eigenvalue weighted by molar-refractivity contribution is 5.03. The van der Waals surface area contributed by atoms with E-state index in [4.69, 9.17) is 0 Å². The predicted octanol–water partition coefficient (Wildman–Crippen LogP) is -1.35. The van der Waals surface area contributed by atoms with Gasteiger partial charge in [0.1, 0.15) is 0 Å². The first-order valence-electron chi connectivity index (χ1n) is 5.69. The van der Waals surface area contributed by atoms with Crippen LogP contribution in [-0.2, 0) is 0 Å². The summed E-state index contributed by atoms with van der Waals surface area (Å²) in [6, 6.07) is 0. The predicted molar refractivity (Wildman–Crippen MR) is 59.9 cm³/mol. The van der Waals surface area contributed by atoms with Crippen LogP contribution in [0.25, 0.3) is 0 Å². The molecule has 5 nitrogen and oxygen atoms in total. The SMILES string of the molecule is CCC1(CO)CN(C)CC(CO)(CO)C1O. The second-order valence-corrected chi connectivity index (χ2v) is 5.13. The smallest absolute Gasteiger partial charge is 0.0743 e. The fourth-order valence-corrected chi connectivity index (χ4v) is 2.83. The largest absolute Gasteiger partial charge is 0.396 e. The normalized spacial score (nSPS) is 35.2. The maximum absolute atomic E-state index is 10.3. The number of hydrogen-bond donors (Lipinski definition) is 4. The quantitative estimate of drug-likeness (QED) is 0.483. The lowest BCUT2D eigenvalue weighted by Crippen LogP contribution is -2.65. The monoisotopic (exact) mass is 233 g/mol. The van der Waals surface area contributed by atoms with Crippen molar-refractivity contribution in [3.8, 4) is 0 Å². The molecule has 96 valence electrons. The minimum absolute atomic E-state index is 0.142. The van der Waals surface area contributed by atoms with E-state index in [-0.39, 0.29) is 19.8 Å². The lowest BCUT2D eigenvalue weighted by atomic mass is 9.64. The molecule has 16 heavy (non-hydrogen) atoms. The van der Waals surface area contributed by atoms with Crippen molar-refractivity contribution in [2.45, 2.75) is 19.4 Å². The zero-order valence-electron chi connectivity index (χ0n) is 10.1. The van der Waals surface area contributed by atoms with Gasteiger partial charge in [-0.2, -0.15) is 0 Å². The molecule has 2 unspecified atom stereocenters. The zero-order valence-corrected chi connectivity index (χ0v) is 10.1. The van der Waals surface area contributed by atoms with E-state index in [9.17, 15) is 20.4 Å². The average molecular weight is 233 g/mol. The fourth-order valence-electron chi connectivity index (χ4n) is 2.83. The Morgan fingerprint density at radius 3 is 1.88 bits per heavy atom. The van der Waals surface area contributed by atoms with Crippen LogP contribution < -0.4 is 0 Å². The summed E-state index contributed by atoms with van der Waals surface area (Å²) in [4.78, 5) is 1.94. The van der Waals surface area contributed by atoms with Gasteiger partial charge in [0.15, 0.2) is 0 Å². The van der Waals surface area contributed by atoms with Crippen LogP contribution in [0.5, 0.6) is 0 Å². The van der Waals surface area contributed by atoms with Crippen molar-refractivity contribution >= 4 is 0 Å². The van der Waals surface area contributed by atoms with Crippen LogP contribution in [0.4, 0.5) is 0 Å². The Labute approximate surface area is 96.3 Å². The third-order valence-electron chi connectivity index (χ3n) is 3.98. The van der Waals surface area contributed by atoms with Crippen LogP contribution in [0.3, 0.4) is 0 Å². The first kappa shape index (κ1) is 13.9. The summed E-state index contributed by atoms with van der Waals surface area (Å²) in [7, 11) is 1.87. The Kier molecular flexibility index (Phi) is 4.31. The second-order valence-electron chi connectivity index (χ2n) is 5.13. The molecule has 5 heteroatoms. The number of likely N-dealkylation sites (tertiary alicyclic amines) is 1. The third kappa shape index (κ3) is 1.98. The molecule has 0 radical (unpaired) electrons. The van der Waals surface area contributed by atoms with Gasteiger partial charge in [0.2, 0.25) is 0 Å². The minimum atomic E-state index is -0.939. The molecular formula is C11H23NO4. The standard InChI is InChI=1S/C11H23NO4/c1-3-10(6-13)4-12(2)5-11(7-14,8-15)9(10)16/h9,13-16H,3-8H2,1-2H3. The number of piperidine rings is 1. The third-order valence-corrected chi connectivity index (χ3v) is 3.98. The average Bonchev–Trinajstić information content (AvgIpc) is 2.32. The van der Waals surface area contributed by atoms with Gasteiger partial charge >= 0.3 is 0 Å². The molecule has 1 aliphatic rings. The van der Waals surface area contributed by atoms with E-state index >= 15 is 0 Å². The summed E-state index contributed by atoms with van der Waals surface area (Å²) in [5.41, 5.74) is -1.59. The molecule has 0 aromatic heterocycles. The van der Waals surface area contributed by atoms with Gasteiger partial charge in [-0.3, -0.25) is 0 Å². The Morgan fingerprint density at radius 1 is 1.06 bits per heavy atom. The summed E-state index contributed by atoms with van der Waals surface area (Å²) in [6.45, 7) is 2.20. The summed E-state index contributed by atoms with van der Waals surface area (Å²) in [5.74, 6) is 0. The van der Waals surface area contributed by atoms with E-state index in [2.05, 4.69) is 0 Å². The number of aliphatic hydroxyl groups excluding tert-OH is 4. The van der Waals surface area contributed by atoms with Crippen LogP contribution in [-0.4, -0.2) is 71.4 Å². The van der Waals surface area contributed by atoms with E-state index in [0.29, 0.717) is 19.5 Å². The Balaban J connectivity index is 3.06. The molecule has 0 spiro atoms. The molecule has 0 aromatic carbocycles. The van der Waals surface area contributed by atoms with Crippen molar-refractivity contribution in [3.63, 3.8) is 0 Å². The zero-order chi connectivity index (χ0) is 12.4. The van der Waals surface area contributed by atoms with Crippen molar-refractivity contribution in [1.29, 1.82) is 0 Å². The van der Waals surface area contributed by atoms with Gasteiger partial charge in [0, 0.05) is 18.5 Å². The van der Waals surface area contributed by atoms with Crippen LogP contribution >= 0.6 is 0 Å². The molecule has 0 amide bonds. The van der Waals surface area contributed by atoms with Gasteiger partial charge in [0.25, 0.3) is 0 Å². The second kappa shape index (κ2) is 4.98. The van der Waals surface area contributed by atoms with Crippen LogP contribution in [0.2, 0.25) is 0 Å². The Bertz CT molecular complexity index is 204. The lowest BCUT2D eigenvalue weighted by Gasteiger charge is -2.53. The molecule has 0 aliphatic carbocycles. The minimum Gasteiger partial charge on any atom is -0.396 e. The van der Waals surface area contributed by atoms with Crippen molar-refractivity contribution in [2.75, 3.05) is 40.0 Å². The molecular weight excluding hydrogens is 210 g/mol. The van der Waals surface area contributed by atoms with E-state index in [0.717, 1.165) is 0 Å². The van der Waals surface area contributed by atoms with Gasteiger partial charge in [0.05, 0.1) is 31.3 Å². The van der Waals surface area contributed by atoms with E-state index in [1.165, 1.54) is 0 Å². The maximum atomic E-state index is 10.3. The fraction of sp³-hybridized carbons (Fsp3) is 1.00. The highest BCUT2D eigenvalue weighted by Gasteiger charge is 2.53. The number of hydrogen-bond acceptors (Lipinski definition) is 5. The number of aliphatic hydroxyl groups is 4. The van der Waals surface area contributed by atoms with Crippen LogP contribution in [0.15, 0.2) is 0 Å². The highest BCUT2D eigenvalue weighted by atomic mass is 16.3. The van der Waals surface area contributed by atoms with E-state index in [1.807, 2.05) is 18.9 Å². The summed E-state index contributed by atoms with van der Waals surface area (Å²) < 4.78 is 0. The molecule has 1 aliphatic heterocycles. The van der Waals surface area contributed by atoms with Crippen LogP contribution in [0, 0.1) is 10.8 Å². The molecule has 2 atom stereocenters. The van der Waals surface area contributed by atoms with Crippen molar-refractivity contribution in [3.05, 3.63) is 0 Å². The van der Waals surface area contributed by atoms with Gasteiger partial charge < -0.3 is 25.3 Å². The molecule has 4 N–H and O–H groups in total.